The molecule has 138 valence electrons. The third-order valence-corrected chi connectivity index (χ3v) is 3.95. The number of carbonyl (C=O) groups is 1. The Morgan fingerprint density at radius 2 is 1.56 bits per heavy atom. The molecule has 2 aromatic carbocycles. The number of hydrogen-bond acceptors (Lipinski definition) is 3. The van der Waals surface area contributed by atoms with Crippen LogP contribution in [0.15, 0.2) is 67.0 Å². The minimum Gasteiger partial charge on any atom is -0.352 e. The fourth-order valence-corrected chi connectivity index (χ4v) is 2.61. The molecule has 0 saturated heterocycles. The summed E-state index contributed by atoms with van der Waals surface area (Å²) in [5.41, 5.74) is 0.530. The number of rotatable bonds is 5. The standard InChI is InChI=1S/C20H16F3N3O/c21-20(22,23)17-9-5-4-6-14(17)10-11-24-19(27)16-12-25-18(26-13-16)15-7-2-1-3-8-15/h1-9,12-13H,10-11H2,(H,24,27). The molecular weight excluding hydrogens is 355 g/mol. The lowest BCUT2D eigenvalue weighted by molar-refractivity contribution is -0.138. The highest BCUT2D eigenvalue weighted by Crippen LogP contribution is 2.31. The highest BCUT2D eigenvalue weighted by Gasteiger charge is 2.32. The minimum atomic E-state index is -4.41. The van der Waals surface area contributed by atoms with Crippen molar-refractivity contribution in [2.75, 3.05) is 6.54 Å². The lowest BCUT2D eigenvalue weighted by Gasteiger charge is -2.12. The molecule has 1 heterocycles. The van der Waals surface area contributed by atoms with Crippen molar-refractivity contribution in [1.29, 1.82) is 0 Å². The number of halogens is 3. The van der Waals surface area contributed by atoms with Crippen LogP contribution in [0.3, 0.4) is 0 Å². The zero-order chi connectivity index (χ0) is 19.3. The number of nitrogens with one attached hydrogen (secondary N) is 1. The van der Waals surface area contributed by atoms with Crippen molar-refractivity contribution >= 4 is 5.91 Å². The second-order valence-corrected chi connectivity index (χ2v) is 5.82. The lowest BCUT2D eigenvalue weighted by atomic mass is 10.0. The van der Waals surface area contributed by atoms with Gasteiger partial charge in [0.05, 0.1) is 11.1 Å². The summed E-state index contributed by atoms with van der Waals surface area (Å²) in [5.74, 6) is 0.0605. The van der Waals surface area contributed by atoms with Crippen molar-refractivity contribution in [3.63, 3.8) is 0 Å². The summed E-state index contributed by atoms with van der Waals surface area (Å²) in [6.07, 6.45) is -1.55. The summed E-state index contributed by atoms with van der Waals surface area (Å²) in [6, 6.07) is 14.6. The molecule has 0 atom stereocenters. The average Bonchev–Trinajstić information content (AvgIpc) is 2.68. The number of carbonyl (C=O) groups excluding carboxylic acids is 1. The number of nitrogens with zero attached hydrogens (tertiary/aromatic N) is 2. The van der Waals surface area contributed by atoms with E-state index in [9.17, 15) is 18.0 Å². The van der Waals surface area contributed by atoms with Gasteiger partial charge in [-0.05, 0) is 18.1 Å². The van der Waals surface area contributed by atoms with Gasteiger partial charge in [-0.15, -0.1) is 0 Å². The highest BCUT2D eigenvalue weighted by molar-refractivity contribution is 5.93. The van der Waals surface area contributed by atoms with Crippen LogP contribution in [0, 0.1) is 0 Å². The fourth-order valence-electron chi connectivity index (χ4n) is 2.61. The Bertz CT molecular complexity index is 910. The fraction of sp³-hybridized carbons (Fsp3) is 0.150. The zero-order valence-electron chi connectivity index (χ0n) is 14.2. The quantitative estimate of drug-likeness (QED) is 0.734. The second-order valence-electron chi connectivity index (χ2n) is 5.82. The van der Waals surface area contributed by atoms with Crippen molar-refractivity contribution in [3.8, 4) is 11.4 Å². The first-order valence-electron chi connectivity index (χ1n) is 8.26. The van der Waals surface area contributed by atoms with E-state index >= 15 is 0 Å². The molecule has 1 N–H and O–H groups in total. The van der Waals surface area contributed by atoms with Crippen molar-refractivity contribution in [2.45, 2.75) is 12.6 Å². The molecule has 0 aliphatic rings. The number of alkyl halides is 3. The monoisotopic (exact) mass is 371 g/mol. The van der Waals surface area contributed by atoms with Gasteiger partial charge in [-0.2, -0.15) is 13.2 Å². The Kier molecular flexibility index (Phi) is 5.49. The van der Waals surface area contributed by atoms with Crippen LogP contribution in [0.25, 0.3) is 11.4 Å². The van der Waals surface area contributed by atoms with Crippen molar-refractivity contribution in [1.82, 2.24) is 15.3 Å². The summed E-state index contributed by atoms with van der Waals surface area (Å²) in [4.78, 5) is 20.5. The first-order chi connectivity index (χ1) is 12.9. The maximum Gasteiger partial charge on any atom is 0.416 e. The highest BCUT2D eigenvalue weighted by atomic mass is 19.4. The Morgan fingerprint density at radius 1 is 0.926 bits per heavy atom. The zero-order valence-corrected chi connectivity index (χ0v) is 14.2. The van der Waals surface area contributed by atoms with Crippen LogP contribution in [-0.2, 0) is 12.6 Å². The molecular formula is C20H16F3N3O. The topological polar surface area (TPSA) is 54.9 Å². The number of benzene rings is 2. The molecule has 0 unspecified atom stereocenters. The molecule has 0 aliphatic heterocycles. The Labute approximate surface area is 154 Å². The van der Waals surface area contributed by atoms with E-state index in [1.54, 1.807) is 6.07 Å². The van der Waals surface area contributed by atoms with Gasteiger partial charge in [0.2, 0.25) is 0 Å². The van der Waals surface area contributed by atoms with Crippen LogP contribution in [0.1, 0.15) is 21.5 Å². The maximum atomic E-state index is 13.0. The first-order valence-corrected chi connectivity index (χ1v) is 8.26. The van der Waals surface area contributed by atoms with Crippen LogP contribution >= 0.6 is 0 Å². The summed E-state index contributed by atoms with van der Waals surface area (Å²) in [5, 5.41) is 2.60. The van der Waals surface area contributed by atoms with Gasteiger partial charge in [0, 0.05) is 24.5 Å². The molecule has 0 radical (unpaired) electrons. The minimum absolute atomic E-state index is 0.0738. The van der Waals surface area contributed by atoms with Crippen LogP contribution < -0.4 is 5.32 Å². The third kappa shape index (κ3) is 4.69. The van der Waals surface area contributed by atoms with Gasteiger partial charge in [0.15, 0.2) is 5.82 Å². The van der Waals surface area contributed by atoms with Crippen molar-refractivity contribution in [3.05, 3.63) is 83.7 Å². The van der Waals surface area contributed by atoms with E-state index in [1.165, 1.54) is 24.5 Å². The molecule has 1 aromatic heterocycles. The van der Waals surface area contributed by atoms with Gasteiger partial charge < -0.3 is 5.32 Å². The normalized spacial score (nSPS) is 11.2. The van der Waals surface area contributed by atoms with E-state index in [2.05, 4.69) is 15.3 Å². The third-order valence-electron chi connectivity index (χ3n) is 3.95. The van der Waals surface area contributed by atoms with Gasteiger partial charge in [-0.1, -0.05) is 48.5 Å². The lowest BCUT2D eigenvalue weighted by Crippen LogP contribution is -2.26. The van der Waals surface area contributed by atoms with Gasteiger partial charge in [0.25, 0.3) is 5.91 Å². The molecule has 4 nitrogen and oxygen atoms in total. The van der Waals surface area contributed by atoms with E-state index in [0.717, 1.165) is 11.6 Å². The van der Waals surface area contributed by atoms with Gasteiger partial charge >= 0.3 is 6.18 Å². The summed E-state index contributed by atoms with van der Waals surface area (Å²) < 4.78 is 38.9. The molecule has 0 saturated carbocycles. The van der Waals surface area contributed by atoms with Crippen LogP contribution in [-0.4, -0.2) is 22.4 Å². The molecule has 0 bridgehead atoms. The Hall–Kier alpha value is -3.22. The number of hydrogen-bond donors (Lipinski definition) is 1. The SMILES string of the molecule is O=C(NCCc1ccccc1C(F)(F)F)c1cnc(-c2ccccc2)nc1. The van der Waals surface area contributed by atoms with Gasteiger partial charge in [-0.3, -0.25) is 4.79 Å². The van der Waals surface area contributed by atoms with Crippen LogP contribution in [0.2, 0.25) is 0 Å². The molecule has 3 rings (SSSR count). The van der Waals surface area contributed by atoms with Gasteiger partial charge in [0.1, 0.15) is 0 Å². The van der Waals surface area contributed by atoms with Crippen molar-refractivity contribution in [2.24, 2.45) is 0 Å². The average molecular weight is 371 g/mol. The van der Waals surface area contributed by atoms with Crippen LogP contribution in [0.5, 0.6) is 0 Å². The Balaban J connectivity index is 1.61. The van der Waals surface area contributed by atoms with E-state index in [0.29, 0.717) is 5.82 Å². The molecule has 27 heavy (non-hydrogen) atoms. The molecule has 7 heteroatoms. The van der Waals surface area contributed by atoms with Crippen molar-refractivity contribution < 1.29 is 18.0 Å². The number of aromatic nitrogens is 2. The molecule has 0 fully saturated rings. The molecule has 3 aromatic rings. The molecule has 0 spiro atoms. The summed E-state index contributed by atoms with van der Waals surface area (Å²) in [7, 11) is 0. The smallest absolute Gasteiger partial charge is 0.352 e. The van der Waals surface area contributed by atoms with E-state index in [4.69, 9.17) is 0 Å². The van der Waals surface area contributed by atoms with E-state index in [1.807, 2.05) is 30.3 Å². The molecule has 1 amide bonds. The summed E-state index contributed by atoms with van der Waals surface area (Å²) in [6.45, 7) is 0.0758. The Morgan fingerprint density at radius 3 is 2.22 bits per heavy atom. The van der Waals surface area contributed by atoms with E-state index in [-0.39, 0.29) is 24.1 Å². The largest absolute Gasteiger partial charge is 0.416 e. The predicted molar refractivity (Wildman–Crippen MR) is 94.9 cm³/mol. The van der Waals surface area contributed by atoms with E-state index < -0.39 is 17.6 Å². The van der Waals surface area contributed by atoms with Crippen LogP contribution in [0.4, 0.5) is 13.2 Å². The molecule has 0 aliphatic carbocycles. The van der Waals surface area contributed by atoms with Gasteiger partial charge in [-0.25, -0.2) is 9.97 Å². The predicted octanol–water partition coefficient (Wildman–Crippen LogP) is 4.13. The number of amides is 1. The first kappa shape index (κ1) is 18.6. The summed E-state index contributed by atoms with van der Waals surface area (Å²) >= 11 is 0. The second kappa shape index (κ2) is 7.99. The maximum absolute atomic E-state index is 13.0.